The van der Waals surface area contributed by atoms with Gasteiger partial charge < -0.3 is 9.64 Å². The van der Waals surface area contributed by atoms with Crippen molar-refractivity contribution in [2.24, 2.45) is 0 Å². The van der Waals surface area contributed by atoms with Crippen LogP contribution in [0.15, 0.2) is 30.3 Å². The van der Waals surface area contributed by atoms with Crippen LogP contribution in [-0.2, 0) is 4.74 Å². The predicted octanol–water partition coefficient (Wildman–Crippen LogP) is 3.72. The Morgan fingerprint density at radius 2 is 1.93 bits per heavy atom. The number of rotatable bonds is 7. The Morgan fingerprint density at radius 3 is 2.66 bits per heavy atom. The number of unbranched alkanes of at least 4 members (excludes halogenated alkanes) is 1. The second-order valence-corrected chi connectivity index (χ2v) is 8.30. The van der Waals surface area contributed by atoms with Crippen LogP contribution >= 0.6 is 11.6 Å². The van der Waals surface area contributed by atoms with Crippen molar-refractivity contribution in [3.8, 4) is 11.3 Å². The van der Waals surface area contributed by atoms with E-state index in [0.29, 0.717) is 10.7 Å². The fourth-order valence-electron chi connectivity index (χ4n) is 4.10. The Hall–Kier alpha value is -1.89. The molecule has 1 saturated heterocycles. The minimum Gasteiger partial charge on any atom is -0.379 e. The van der Waals surface area contributed by atoms with Crippen LogP contribution in [0.5, 0.6) is 0 Å². The molecule has 2 aromatic rings. The highest BCUT2D eigenvalue weighted by atomic mass is 35.5. The summed E-state index contributed by atoms with van der Waals surface area (Å²) in [5.74, 6) is 0.0821. The first kappa shape index (κ1) is 20.4. The van der Waals surface area contributed by atoms with Crippen molar-refractivity contribution in [2.75, 3.05) is 45.9 Å². The van der Waals surface area contributed by atoms with Gasteiger partial charge >= 0.3 is 0 Å². The van der Waals surface area contributed by atoms with Crippen LogP contribution in [0.2, 0.25) is 5.02 Å². The number of fused-ring (bicyclic) bond motifs is 1. The number of aromatic nitrogens is 2. The maximum Gasteiger partial charge on any atom is 0.272 e. The van der Waals surface area contributed by atoms with E-state index in [0.717, 1.165) is 76.5 Å². The lowest BCUT2D eigenvalue weighted by atomic mass is 10.1. The van der Waals surface area contributed by atoms with E-state index in [1.54, 1.807) is 0 Å². The van der Waals surface area contributed by atoms with Crippen LogP contribution in [0, 0.1) is 0 Å². The molecule has 1 aromatic carbocycles. The summed E-state index contributed by atoms with van der Waals surface area (Å²) in [6.45, 7) is 8.04. The lowest BCUT2D eigenvalue weighted by Gasteiger charge is -2.35. The largest absolute Gasteiger partial charge is 0.379 e. The number of carbonyl (C=O) groups excluding carboxylic acids is 1. The highest BCUT2D eigenvalue weighted by molar-refractivity contribution is 6.30. The molecule has 156 valence electrons. The van der Waals surface area contributed by atoms with E-state index in [-0.39, 0.29) is 11.9 Å². The van der Waals surface area contributed by atoms with E-state index in [4.69, 9.17) is 21.4 Å². The van der Waals surface area contributed by atoms with Crippen molar-refractivity contribution in [2.45, 2.75) is 32.2 Å². The maximum absolute atomic E-state index is 13.2. The zero-order valence-corrected chi connectivity index (χ0v) is 17.8. The van der Waals surface area contributed by atoms with E-state index in [9.17, 15) is 4.79 Å². The fourth-order valence-corrected chi connectivity index (χ4v) is 4.23. The summed E-state index contributed by atoms with van der Waals surface area (Å²) < 4.78 is 7.40. The number of benzene rings is 1. The van der Waals surface area contributed by atoms with E-state index in [1.165, 1.54) is 0 Å². The zero-order chi connectivity index (χ0) is 20.2. The van der Waals surface area contributed by atoms with Crippen LogP contribution in [0.4, 0.5) is 0 Å². The standard InChI is InChI=1S/C22H29ClN4O2/c1-2-3-4-19-16-26(10-9-25-11-13-29-14-12-25)22(28)21-15-20(24-27(19)21)17-5-7-18(23)8-6-17/h5-8,15,19H,2-4,9-14,16H2,1H3. The highest BCUT2D eigenvalue weighted by Crippen LogP contribution is 2.29. The predicted molar refractivity (Wildman–Crippen MR) is 114 cm³/mol. The first-order chi connectivity index (χ1) is 14.2. The van der Waals surface area contributed by atoms with Crippen LogP contribution in [0.3, 0.4) is 0 Å². The minimum atomic E-state index is 0.0821. The maximum atomic E-state index is 13.2. The van der Waals surface area contributed by atoms with Gasteiger partial charge in [-0.25, -0.2) is 0 Å². The molecule has 29 heavy (non-hydrogen) atoms. The van der Waals surface area contributed by atoms with Crippen molar-refractivity contribution < 1.29 is 9.53 Å². The molecule has 0 spiro atoms. The molecule has 7 heteroatoms. The normalized spacial score (nSPS) is 20.1. The van der Waals surface area contributed by atoms with Crippen molar-refractivity contribution in [1.29, 1.82) is 0 Å². The molecule has 2 aliphatic heterocycles. The third kappa shape index (κ3) is 4.65. The molecule has 1 fully saturated rings. The van der Waals surface area contributed by atoms with E-state index in [1.807, 2.05) is 39.9 Å². The minimum absolute atomic E-state index is 0.0821. The number of hydrogen-bond donors (Lipinski definition) is 0. The molecular weight excluding hydrogens is 388 g/mol. The SMILES string of the molecule is CCCCC1CN(CCN2CCOCC2)C(=O)c2cc(-c3ccc(Cl)cc3)nn21. The topological polar surface area (TPSA) is 50.6 Å². The summed E-state index contributed by atoms with van der Waals surface area (Å²) in [7, 11) is 0. The number of ether oxygens (including phenoxy) is 1. The molecule has 0 radical (unpaired) electrons. The average molecular weight is 417 g/mol. The Bertz CT molecular complexity index is 830. The van der Waals surface area contributed by atoms with Crippen molar-refractivity contribution in [3.05, 3.63) is 41.0 Å². The second-order valence-electron chi connectivity index (χ2n) is 7.87. The molecule has 2 aliphatic rings. The molecule has 1 unspecified atom stereocenters. The smallest absolute Gasteiger partial charge is 0.272 e. The molecule has 6 nitrogen and oxygen atoms in total. The monoisotopic (exact) mass is 416 g/mol. The molecule has 0 saturated carbocycles. The number of nitrogens with zero attached hydrogens (tertiary/aromatic N) is 4. The van der Waals surface area contributed by atoms with E-state index >= 15 is 0 Å². The summed E-state index contributed by atoms with van der Waals surface area (Å²) in [6.07, 6.45) is 3.30. The van der Waals surface area contributed by atoms with Gasteiger partial charge in [0.25, 0.3) is 5.91 Å². The quantitative estimate of drug-likeness (QED) is 0.690. The second kappa shape index (κ2) is 9.28. The van der Waals surface area contributed by atoms with Gasteiger partial charge in [-0.1, -0.05) is 43.5 Å². The molecule has 0 bridgehead atoms. The number of morpholine rings is 1. The van der Waals surface area contributed by atoms with Crippen molar-refractivity contribution >= 4 is 17.5 Å². The Morgan fingerprint density at radius 1 is 1.17 bits per heavy atom. The van der Waals surface area contributed by atoms with Gasteiger partial charge in [-0.2, -0.15) is 5.10 Å². The Kier molecular flexibility index (Phi) is 6.53. The van der Waals surface area contributed by atoms with Crippen LogP contribution in [0.1, 0.15) is 42.7 Å². The summed E-state index contributed by atoms with van der Waals surface area (Å²) >= 11 is 6.02. The average Bonchev–Trinajstić information content (AvgIpc) is 3.20. The highest BCUT2D eigenvalue weighted by Gasteiger charge is 2.33. The van der Waals surface area contributed by atoms with E-state index < -0.39 is 0 Å². The molecule has 1 amide bonds. The van der Waals surface area contributed by atoms with Gasteiger partial charge in [0.05, 0.1) is 24.9 Å². The molecule has 0 N–H and O–H groups in total. The van der Waals surface area contributed by atoms with Gasteiger partial charge in [0.1, 0.15) is 5.69 Å². The summed E-state index contributed by atoms with van der Waals surface area (Å²) in [5, 5.41) is 5.52. The molecule has 3 heterocycles. The number of carbonyl (C=O) groups is 1. The summed E-state index contributed by atoms with van der Waals surface area (Å²) in [5.41, 5.74) is 2.52. The lowest BCUT2D eigenvalue weighted by Crippen LogP contribution is -2.47. The molecule has 1 aromatic heterocycles. The number of halogens is 1. The Labute approximate surface area is 177 Å². The van der Waals surface area contributed by atoms with Crippen molar-refractivity contribution in [1.82, 2.24) is 19.6 Å². The van der Waals surface area contributed by atoms with Gasteiger partial charge in [-0.3, -0.25) is 14.4 Å². The van der Waals surface area contributed by atoms with Crippen LogP contribution in [0.25, 0.3) is 11.3 Å². The number of amides is 1. The third-order valence-electron chi connectivity index (χ3n) is 5.84. The zero-order valence-electron chi connectivity index (χ0n) is 17.0. The Balaban J connectivity index is 1.55. The van der Waals surface area contributed by atoms with Gasteiger partial charge in [-0.05, 0) is 24.6 Å². The lowest BCUT2D eigenvalue weighted by molar-refractivity contribution is 0.0299. The third-order valence-corrected chi connectivity index (χ3v) is 6.09. The molecule has 0 aliphatic carbocycles. The molecular formula is C22H29ClN4O2. The first-order valence-electron chi connectivity index (χ1n) is 10.6. The number of hydrogen-bond acceptors (Lipinski definition) is 4. The molecule has 4 rings (SSSR count). The van der Waals surface area contributed by atoms with Crippen LogP contribution in [-0.4, -0.2) is 71.4 Å². The fraction of sp³-hybridized carbons (Fsp3) is 0.545. The van der Waals surface area contributed by atoms with Gasteiger partial charge in [0.15, 0.2) is 0 Å². The van der Waals surface area contributed by atoms with Gasteiger partial charge in [0, 0.05) is 43.3 Å². The van der Waals surface area contributed by atoms with Crippen molar-refractivity contribution in [3.63, 3.8) is 0 Å². The van der Waals surface area contributed by atoms with Crippen LogP contribution < -0.4 is 0 Å². The van der Waals surface area contributed by atoms with Gasteiger partial charge in [0.2, 0.25) is 0 Å². The van der Waals surface area contributed by atoms with E-state index in [2.05, 4.69) is 11.8 Å². The summed E-state index contributed by atoms with van der Waals surface area (Å²) in [6, 6.07) is 9.80. The molecule has 1 atom stereocenters. The first-order valence-corrected chi connectivity index (χ1v) is 11.0. The van der Waals surface area contributed by atoms with Gasteiger partial charge in [-0.15, -0.1) is 0 Å². The summed E-state index contributed by atoms with van der Waals surface area (Å²) in [4.78, 5) is 17.6.